The number of benzene rings is 1. The molecule has 0 aromatic heterocycles. The van der Waals surface area contributed by atoms with Gasteiger partial charge in [-0.3, -0.25) is 0 Å². The lowest BCUT2D eigenvalue weighted by Crippen LogP contribution is -2.53. The number of nitrogens with two attached hydrogens (primary N) is 1. The highest BCUT2D eigenvalue weighted by Crippen LogP contribution is 2.24. The van der Waals surface area contributed by atoms with Crippen LogP contribution in [-0.4, -0.2) is 29.6 Å². The smallest absolute Gasteiger partial charge is 0.322 e. The lowest BCUT2D eigenvalue weighted by molar-refractivity contribution is 0.128. The van der Waals surface area contributed by atoms with Gasteiger partial charge in [0.25, 0.3) is 0 Å². The summed E-state index contributed by atoms with van der Waals surface area (Å²) in [6, 6.07) is 7.43. The first kappa shape index (κ1) is 14.2. The zero-order valence-electron chi connectivity index (χ0n) is 11.1. The van der Waals surface area contributed by atoms with Gasteiger partial charge in [-0.1, -0.05) is 17.7 Å². The summed E-state index contributed by atoms with van der Waals surface area (Å²) in [5.41, 5.74) is 6.48. The van der Waals surface area contributed by atoms with Crippen molar-refractivity contribution < 1.29 is 4.79 Å². The monoisotopic (exact) mass is 281 g/mol. The number of hydrogen-bond acceptors (Lipinski definition) is 2. The van der Waals surface area contributed by atoms with Crippen LogP contribution in [0.3, 0.4) is 0 Å². The van der Waals surface area contributed by atoms with E-state index in [9.17, 15) is 4.79 Å². The van der Waals surface area contributed by atoms with Gasteiger partial charge < -0.3 is 16.0 Å². The van der Waals surface area contributed by atoms with Crippen LogP contribution in [0.2, 0.25) is 5.02 Å². The normalized spacial score (nSPS) is 23.2. The molecule has 0 saturated carbocycles. The summed E-state index contributed by atoms with van der Waals surface area (Å²) in [6.45, 7) is 2.58. The summed E-state index contributed by atoms with van der Waals surface area (Å²) in [4.78, 5) is 14.2. The van der Waals surface area contributed by atoms with Gasteiger partial charge in [-0.2, -0.15) is 0 Å². The SMILES string of the molecule is CC1CCCC(CN)N1C(=O)Nc1cccc(Cl)c1. The first-order chi connectivity index (χ1) is 9.11. The second-order valence-electron chi connectivity index (χ2n) is 5.02. The van der Waals surface area contributed by atoms with Gasteiger partial charge in [0.2, 0.25) is 0 Å². The highest BCUT2D eigenvalue weighted by molar-refractivity contribution is 6.30. The molecule has 1 aliphatic heterocycles. The Morgan fingerprint density at radius 2 is 2.32 bits per heavy atom. The highest BCUT2D eigenvalue weighted by Gasteiger charge is 2.30. The summed E-state index contributed by atoms with van der Waals surface area (Å²) in [6.07, 6.45) is 3.13. The third-order valence-electron chi connectivity index (χ3n) is 3.61. The van der Waals surface area contributed by atoms with Crippen molar-refractivity contribution in [1.29, 1.82) is 0 Å². The zero-order chi connectivity index (χ0) is 13.8. The fourth-order valence-corrected chi connectivity index (χ4v) is 2.83. The second kappa shape index (κ2) is 6.26. The number of piperidine rings is 1. The minimum Gasteiger partial charge on any atom is -0.328 e. The molecule has 5 heteroatoms. The number of rotatable bonds is 2. The van der Waals surface area contributed by atoms with Crippen LogP contribution in [0.4, 0.5) is 10.5 Å². The molecule has 1 aromatic carbocycles. The fraction of sp³-hybridized carbons (Fsp3) is 0.500. The summed E-state index contributed by atoms with van der Waals surface area (Å²) in [5, 5.41) is 3.51. The van der Waals surface area contributed by atoms with Gasteiger partial charge in [0.05, 0.1) is 0 Å². The van der Waals surface area contributed by atoms with Crippen molar-refractivity contribution in [3.8, 4) is 0 Å². The molecule has 2 rings (SSSR count). The third-order valence-corrected chi connectivity index (χ3v) is 3.85. The zero-order valence-corrected chi connectivity index (χ0v) is 11.9. The number of hydrogen-bond donors (Lipinski definition) is 2. The number of anilines is 1. The second-order valence-corrected chi connectivity index (χ2v) is 5.45. The Labute approximate surface area is 118 Å². The molecule has 4 nitrogen and oxygen atoms in total. The Bertz CT molecular complexity index is 452. The number of likely N-dealkylation sites (tertiary alicyclic amines) is 1. The van der Waals surface area contributed by atoms with Gasteiger partial charge >= 0.3 is 6.03 Å². The molecule has 3 N–H and O–H groups in total. The van der Waals surface area contributed by atoms with E-state index in [-0.39, 0.29) is 18.1 Å². The molecular formula is C14H20ClN3O. The molecule has 1 heterocycles. The van der Waals surface area contributed by atoms with E-state index in [1.54, 1.807) is 12.1 Å². The van der Waals surface area contributed by atoms with Crippen molar-refractivity contribution in [2.45, 2.75) is 38.3 Å². The molecule has 1 fully saturated rings. The van der Waals surface area contributed by atoms with Crippen molar-refractivity contribution in [3.05, 3.63) is 29.3 Å². The molecule has 1 aromatic rings. The predicted octanol–water partition coefficient (Wildman–Crippen LogP) is 3.07. The quantitative estimate of drug-likeness (QED) is 0.875. The number of nitrogens with one attached hydrogen (secondary N) is 1. The average Bonchev–Trinajstić information content (AvgIpc) is 2.38. The van der Waals surface area contributed by atoms with Gasteiger partial charge in [0, 0.05) is 29.3 Å². The molecule has 19 heavy (non-hydrogen) atoms. The van der Waals surface area contributed by atoms with Gasteiger partial charge in [-0.25, -0.2) is 4.79 Å². The maximum atomic E-state index is 12.4. The Balaban J connectivity index is 2.09. The Hall–Kier alpha value is -1.26. The summed E-state index contributed by atoms with van der Waals surface area (Å²) < 4.78 is 0. The van der Waals surface area contributed by atoms with E-state index in [4.69, 9.17) is 17.3 Å². The molecule has 1 aliphatic rings. The number of carbonyl (C=O) groups is 1. The molecule has 104 valence electrons. The maximum absolute atomic E-state index is 12.4. The molecule has 0 bridgehead atoms. The van der Waals surface area contributed by atoms with Crippen molar-refractivity contribution in [2.75, 3.05) is 11.9 Å². The molecule has 1 saturated heterocycles. The first-order valence-electron chi connectivity index (χ1n) is 6.66. The molecule has 2 atom stereocenters. The Morgan fingerprint density at radius 3 is 3.00 bits per heavy atom. The van der Waals surface area contributed by atoms with E-state index in [1.807, 2.05) is 17.0 Å². The van der Waals surface area contributed by atoms with E-state index in [0.717, 1.165) is 19.3 Å². The van der Waals surface area contributed by atoms with Crippen molar-refractivity contribution in [3.63, 3.8) is 0 Å². The molecular weight excluding hydrogens is 262 g/mol. The van der Waals surface area contributed by atoms with E-state index in [1.165, 1.54) is 0 Å². The van der Waals surface area contributed by atoms with Gasteiger partial charge in [0.15, 0.2) is 0 Å². The fourth-order valence-electron chi connectivity index (χ4n) is 2.64. The maximum Gasteiger partial charge on any atom is 0.322 e. The van der Waals surface area contributed by atoms with Gasteiger partial charge in [-0.15, -0.1) is 0 Å². The number of urea groups is 1. The van der Waals surface area contributed by atoms with Crippen LogP contribution in [0.25, 0.3) is 0 Å². The molecule has 0 spiro atoms. The molecule has 2 amide bonds. The largest absolute Gasteiger partial charge is 0.328 e. The average molecular weight is 282 g/mol. The highest BCUT2D eigenvalue weighted by atomic mass is 35.5. The lowest BCUT2D eigenvalue weighted by Gasteiger charge is -2.40. The van der Waals surface area contributed by atoms with E-state index < -0.39 is 0 Å². The number of amides is 2. The molecule has 0 aliphatic carbocycles. The van der Waals surface area contributed by atoms with Crippen molar-refractivity contribution >= 4 is 23.3 Å². The minimum atomic E-state index is -0.0927. The minimum absolute atomic E-state index is 0.0927. The number of halogens is 1. The standard InChI is InChI=1S/C14H20ClN3O/c1-10-4-2-7-13(9-16)18(10)14(19)17-12-6-3-5-11(15)8-12/h3,5-6,8,10,13H,2,4,7,9,16H2,1H3,(H,17,19). The summed E-state index contributed by atoms with van der Waals surface area (Å²) >= 11 is 5.91. The number of nitrogens with zero attached hydrogens (tertiary/aromatic N) is 1. The predicted molar refractivity (Wildman–Crippen MR) is 78.5 cm³/mol. The van der Waals surface area contributed by atoms with Crippen molar-refractivity contribution in [2.24, 2.45) is 5.73 Å². The van der Waals surface area contributed by atoms with Crippen LogP contribution < -0.4 is 11.1 Å². The first-order valence-corrected chi connectivity index (χ1v) is 7.04. The van der Waals surface area contributed by atoms with Crippen LogP contribution in [0.1, 0.15) is 26.2 Å². The Morgan fingerprint density at radius 1 is 1.53 bits per heavy atom. The summed E-state index contributed by atoms with van der Waals surface area (Å²) in [7, 11) is 0. The van der Waals surface area contributed by atoms with Crippen molar-refractivity contribution in [1.82, 2.24) is 4.90 Å². The van der Waals surface area contributed by atoms with E-state index in [0.29, 0.717) is 17.3 Å². The van der Waals surface area contributed by atoms with Gasteiger partial charge in [0.1, 0.15) is 0 Å². The molecule has 2 unspecified atom stereocenters. The van der Waals surface area contributed by atoms with Crippen LogP contribution in [0, 0.1) is 0 Å². The summed E-state index contributed by atoms with van der Waals surface area (Å²) in [5.74, 6) is 0. The number of carbonyl (C=O) groups excluding carboxylic acids is 1. The van der Waals surface area contributed by atoms with Crippen LogP contribution >= 0.6 is 11.6 Å². The van der Waals surface area contributed by atoms with E-state index >= 15 is 0 Å². The van der Waals surface area contributed by atoms with Crippen LogP contribution in [0.5, 0.6) is 0 Å². The molecule has 0 radical (unpaired) electrons. The topological polar surface area (TPSA) is 58.4 Å². The van der Waals surface area contributed by atoms with Crippen LogP contribution in [0.15, 0.2) is 24.3 Å². The van der Waals surface area contributed by atoms with E-state index in [2.05, 4.69) is 12.2 Å². The Kier molecular flexibility index (Phi) is 4.66. The van der Waals surface area contributed by atoms with Gasteiger partial charge in [-0.05, 0) is 44.4 Å². The van der Waals surface area contributed by atoms with Crippen LogP contribution in [-0.2, 0) is 0 Å². The lowest BCUT2D eigenvalue weighted by atomic mass is 9.97. The third kappa shape index (κ3) is 3.39.